The van der Waals surface area contributed by atoms with E-state index in [-0.39, 0.29) is 0 Å². The number of nitrogens with two attached hydrogens (primary N) is 1. The molecule has 0 spiro atoms. The molecule has 0 aliphatic heterocycles. The van der Waals surface area contributed by atoms with Gasteiger partial charge in [0.25, 0.3) is 0 Å². The number of azo groups is 1. The van der Waals surface area contributed by atoms with Crippen molar-refractivity contribution in [3.63, 3.8) is 0 Å². The maximum atomic E-state index is 6.06. The van der Waals surface area contributed by atoms with Gasteiger partial charge in [0.15, 0.2) is 0 Å². The van der Waals surface area contributed by atoms with E-state index in [0.29, 0.717) is 0 Å². The van der Waals surface area contributed by atoms with Gasteiger partial charge in [-0.3, -0.25) is 0 Å². The topological polar surface area (TPSA) is 50.7 Å². The Morgan fingerprint density at radius 3 is 1.95 bits per heavy atom. The summed E-state index contributed by atoms with van der Waals surface area (Å²) in [7, 11) is 0. The SMILES string of the molecule is Nc1ccccc1-c1ccccc1N=Nc1ccccc1. The molecule has 0 heterocycles. The fraction of sp³-hybridized carbons (Fsp3) is 0. The maximum Gasteiger partial charge on any atom is 0.0936 e. The lowest BCUT2D eigenvalue weighted by Gasteiger charge is -2.07. The van der Waals surface area contributed by atoms with Gasteiger partial charge < -0.3 is 5.73 Å². The minimum atomic E-state index is 0.736. The Bertz CT molecular complexity index is 764. The molecule has 0 aromatic heterocycles. The number of nitrogens with zero attached hydrogens (tertiary/aromatic N) is 2. The van der Waals surface area contributed by atoms with E-state index in [1.54, 1.807) is 0 Å². The van der Waals surface area contributed by atoms with E-state index in [0.717, 1.165) is 28.2 Å². The molecule has 3 nitrogen and oxygen atoms in total. The first-order chi connectivity index (χ1) is 10.3. The van der Waals surface area contributed by atoms with Crippen molar-refractivity contribution in [1.29, 1.82) is 0 Å². The van der Waals surface area contributed by atoms with E-state index in [9.17, 15) is 0 Å². The van der Waals surface area contributed by atoms with Crippen molar-refractivity contribution >= 4 is 17.1 Å². The van der Waals surface area contributed by atoms with Crippen LogP contribution in [0.1, 0.15) is 0 Å². The van der Waals surface area contributed by atoms with Gasteiger partial charge in [-0.25, -0.2) is 0 Å². The van der Waals surface area contributed by atoms with Crippen LogP contribution in [0.2, 0.25) is 0 Å². The predicted molar refractivity (Wildman–Crippen MR) is 86.9 cm³/mol. The van der Waals surface area contributed by atoms with Crippen molar-refractivity contribution in [3.8, 4) is 11.1 Å². The smallest absolute Gasteiger partial charge is 0.0936 e. The minimum absolute atomic E-state index is 0.736. The third-order valence-corrected chi connectivity index (χ3v) is 3.18. The zero-order chi connectivity index (χ0) is 14.5. The first-order valence-electron chi connectivity index (χ1n) is 6.75. The largest absolute Gasteiger partial charge is 0.398 e. The number of hydrogen-bond acceptors (Lipinski definition) is 3. The third-order valence-electron chi connectivity index (χ3n) is 3.18. The molecule has 0 amide bonds. The van der Waals surface area contributed by atoms with Crippen molar-refractivity contribution in [2.24, 2.45) is 10.2 Å². The van der Waals surface area contributed by atoms with Crippen molar-refractivity contribution in [2.45, 2.75) is 0 Å². The monoisotopic (exact) mass is 273 g/mol. The molecule has 0 unspecified atom stereocenters. The van der Waals surface area contributed by atoms with E-state index in [2.05, 4.69) is 10.2 Å². The first-order valence-corrected chi connectivity index (χ1v) is 6.75. The molecule has 2 N–H and O–H groups in total. The van der Waals surface area contributed by atoms with Crippen LogP contribution >= 0.6 is 0 Å². The summed E-state index contributed by atoms with van der Waals surface area (Å²) < 4.78 is 0. The number of nitrogen functional groups attached to an aromatic ring is 1. The highest BCUT2D eigenvalue weighted by atomic mass is 15.1. The van der Waals surface area contributed by atoms with Crippen LogP contribution in [0, 0.1) is 0 Å². The second-order valence-electron chi connectivity index (χ2n) is 4.64. The van der Waals surface area contributed by atoms with Crippen LogP contribution in [0.15, 0.2) is 89.1 Å². The molecule has 0 fully saturated rings. The Morgan fingerprint density at radius 2 is 1.19 bits per heavy atom. The summed E-state index contributed by atoms with van der Waals surface area (Å²) in [4.78, 5) is 0. The Morgan fingerprint density at radius 1 is 0.571 bits per heavy atom. The van der Waals surface area contributed by atoms with Gasteiger partial charge >= 0.3 is 0 Å². The van der Waals surface area contributed by atoms with Gasteiger partial charge in [0.1, 0.15) is 0 Å². The standard InChI is InChI=1S/C18H15N3/c19-17-12-6-4-10-15(17)16-11-5-7-13-18(16)21-20-14-8-2-1-3-9-14/h1-13H,19H2. The van der Waals surface area contributed by atoms with Crippen LogP contribution < -0.4 is 5.73 Å². The third kappa shape index (κ3) is 2.98. The molecule has 3 aromatic rings. The average molecular weight is 273 g/mol. The van der Waals surface area contributed by atoms with Crippen molar-refractivity contribution < 1.29 is 0 Å². The van der Waals surface area contributed by atoms with E-state index >= 15 is 0 Å². The summed E-state index contributed by atoms with van der Waals surface area (Å²) in [6.45, 7) is 0. The number of anilines is 1. The van der Waals surface area contributed by atoms with Gasteiger partial charge in [0.05, 0.1) is 11.4 Å². The number of hydrogen-bond donors (Lipinski definition) is 1. The molecule has 0 aliphatic carbocycles. The lowest BCUT2D eigenvalue weighted by atomic mass is 10.0. The van der Waals surface area contributed by atoms with Crippen molar-refractivity contribution in [3.05, 3.63) is 78.9 Å². The molecule has 0 radical (unpaired) electrons. The second kappa shape index (κ2) is 6.01. The molecular weight excluding hydrogens is 258 g/mol. The molecule has 0 bridgehead atoms. The van der Waals surface area contributed by atoms with Crippen molar-refractivity contribution in [1.82, 2.24) is 0 Å². The number of benzene rings is 3. The first kappa shape index (κ1) is 13.1. The highest BCUT2D eigenvalue weighted by Crippen LogP contribution is 2.34. The fourth-order valence-corrected chi connectivity index (χ4v) is 2.14. The van der Waals surface area contributed by atoms with Crippen LogP contribution in [-0.4, -0.2) is 0 Å². The van der Waals surface area contributed by atoms with Crippen LogP contribution in [-0.2, 0) is 0 Å². The van der Waals surface area contributed by atoms with E-state index in [1.165, 1.54) is 0 Å². The number of para-hydroxylation sites is 1. The fourth-order valence-electron chi connectivity index (χ4n) is 2.14. The van der Waals surface area contributed by atoms with Gasteiger partial charge in [0.2, 0.25) is 0 Å². The molecule has 3 aromatic carbocycles. The van der Waals surface area contributed by atoms with Crippen LogP contribution in [0.3, 0.4) is 0 Å². The maximum absolute atomic E-state index is 6.06. The van der Waals surface area contributed by atoms with Gasteiger partial charge in [0, 0.05) is 16.8 Å². The highest BCUT2D eigenvalue weighted by Gasteiger charge is 2.06. The molecule has 21 heavy (non-hydrogen) atoms. The summed E-state index contributed by atoms with van der Waals surface area (Å²) in [6.07, 6.45) is 0. The van der Waals surface area contributed by atoms with Crippen LogP contribution in [0.5, 0.6) is 0 Å². The Kier molecular flexibility index (Phi) is 3.74. The minimum Gasteiger partial charge on any atom is -0.398 e. The Hall–Kier alpha value is -2.94. The average Bonchev–Trinajstić information content (AvgIpc) is 2.55. The quantitative estimate of drug-likeness (QED) is 0.507. The zero-order valence-corrected chi connectivity index (χ0v) is 11.5. The van der Waals surface area contributed by atoms with Crippen LogP contribution in [0.25, 0.3) is 11.1 Å². The van der Waals surface area contributed by atoms with Crippen LogP contribution in [0.4, 0.5) is 17.1 Å². The molecule has 0 atom stereocenters. The Balaban J connectivity index is 2.01. The van der Waals surface area contributed by atoms with E-state index in [4.69, 9.17) is 5.73 Å². The highest BCUT2D eigenvalue weighted by molar-refractivity contribution is 5.83. The number of rotatable bonds is 3. The summed E-state index contributed by atoms with van der Waals surface area (Å²) >= 11 is 0. The molecule has 0 saturated carbocycles. The van der Waals surface area contributed by atoms with Gasteiger partial charge in [-0.1, -0.05) is 54.6 Å². The normalized spacial score (nSPS) is 10.9. The molecule has 0 saturated heterocycles. The molecule has 3 heteroatoms. The molecule has 3 rings (SSSR count). The van der Waals surface area contributed by atoms with E-state index < -0.39 is 0 Å². The summed E-state index contributed by atoms with van der Waals surface area (Å²) in [5.74, 6) is 0. The molecule has 102 valence electrons. The lowest BCUT2D eigenvalue weighted by Crippen LogP contribution is -1.89. The lowest BCUT2D eigenvalue weighted by molar-refractivity contribution is 1.23. The van der Waals surface area contributed by atoms with Gasteiger partial charge in [-0.15, -0.1) is 5.11 Å². The second-order valence-corrected chi connectivity index (χ2v) is 4.64. The summed E-state index contributed by atoms with van der Waals surface area (Å²) in [6, 6.07) is 25.3. The Labute approximate surface area is 123 Å². The zero-order valence-electron chi connectivity index (χ0n) is 11.5. The van der Waals surface area contributed by atoms with Crippen molar-refractivity contribution in [2.75, 3.05) is 5.73 Å². The predicted octanol–water partition coefficient (Wildman–Crippen LogP) is 5.35. The van der Waals surface area contributed by atoms with Gasteiger partial charge in [-0.2, -0.15) is 5.11 Å². The molecule has 0 aliphatic rings. The van der Waals surface area contributed by atoms with Gasteiger partial charge in [-0.05, 0) is 24.3 Å². The summed E-state index contributed by atoms with van der Waals surface area (Å²) in [5.41, 5.74) is 10.4. The van der Waals surface area contributed by atoms with E-state index in [1.807, 2.05) is 78.9 Å². The molecular formula is C18H15N3. The summed E-state index contributed by atoms with van der Waals surface area (Å²) in [5, 5.41) is 8.64.